The van der Waals surface area contributed by atoms with Crippen LogP contribution in [-0.2, 0) is 4.79 Å². The molecule has 0 radical (unpaired) electrons. The van der Waals surface area contributed by atoms with Crippen molar-refractivity contribution in [2.45, 2.75) is 25.3 Å². The van der Waals surface area contributed by atoms with Gasteiger partial charge in [0.05, 0.1) is 0 Å². The van der Waals surface area contributed by atoms with Gasteiger partial charge in [-0.1, -0.05) is 18.2 Å². The van der Waals surface area contributed by atoms with E-state index in [-0.39, 0.29) is 5.92 Å². The molecule has 1 saturated heterocycles. The molecule has 3 heteroatoms. The third-order valence-electron chi connectivity index (χ3n) is 3.54. The Morgan fingerprint density at radius 3 is 3.06 bits per heavy atom. The molecule has 0 amide bonds. The van der Waals surface area contributed by atoms with Gasteiger partial charge in [-0.2, -0.15) is 0 Å². The average molecular weight is 220 g/mol. The molecule has 1 fully saturated rings. The van der Waals surface area contributed by atoms with Crippen molar-refractivity contribution < 1.29 is 4.79 Å². The van der Waals surface area contributed by atoms with Gasteiger partial charge in [0.2, 0.25) is 0 Å². The zero-order valence-electron chi connectivity index (χ0n) is 9.64. The van der Waals surface area contributed by atoms with Crippen LogP contribution in [0.25, 0.3) is 0 Å². The summed E-state index contributed by atoms with van der Waals surface area (Å²) in [5.74, 6) is 0.238. The highest BCUT2D eigenvalue weighted by atomic mass is 16.1. The van der Waals surface area contributed by atoms with Crippen LogP contribution in [0.5, 0.6) is 0 Å². The van der Waals surface area contributed by atoms with Crippen molar-refractivity contribution in [3.8, 4) is 0 Å². The monoisotopic (exact) mass is 220 g/mol. The molecule has 1 aliphatic heterocycles. The SMILES string of the molecule is NCC1=CCC(N2CCCC(C=O)C2)C=C1. The van der Waals surface area contributed by atoms with Crippen LogP contribution >= 0.6 is 0 Å². The molecule has 0 aromatic heterocycles. The maximum atomic E-state index is 10.8. The fourth-order valence-corrected chi connectivity index (χ4v) is 2.53. The molecule has 16 heavy (non-hydrogen) atoms. The van der Waals surface area contributed by atoms with Crippen LogP contribution in [0.4, 0.5) is 0 Å². The Morgan fingerprint density at radius 1 is 1.56 bits per heavy atom. The Bertz CT molecular complexity index is 309. The molecular weight excluding hydrogens is 200 g/mol. The van der Waals surface area contributed by atoms with E-state index < -0.39 is 0 Å². The van der Waals surface area contributed by atoms with Gasteiger partial charge in [0.25, 0.3) is 0 Å². The second-order valence-electron chi connectivity index (χ2n) is 4.68. The lowest BCUT2D eigenvalue weighted by Gasteiger charge is -2.36. The summed E-state index contributed by atoms with van der Waals surface area (Å²) >= 11 is 0. The summed E-state index contributed by atoms with van der Waals surface area (Å²) in [5, 5.41) is 0. The standard InChI is InChI=1S/C13H20N2O/c14-8-11-3-5-13(6-4-11)15-7-1-2-12(9-15)10-16/h3-5,10,12-13H,1-2,6-9,14H2. The molecule has 0 spiro atoms. The summed E-state index contributed by atoms with van der Waals surface area (Å²) in [5.41, 5.74) is 6.81. The van der Waals surface area contributed by atoms with E-state index in [9.17, 15) is 4.79 Å². The minimum atomic E-state index is 0.238. The van der Waals surface area contributed by atoms with Crippen LogP contribution in [0.3, 0.4) is 0 Å². The van der Waals surface area contributed by atoms with Gasteiger partial charge < -0.3 is 10.5 Å². The zero-order chi connectivity index (χ0) is 11.4. The Hall–Kier alpha value is -0.930. The van der Waals surface area contributed by atoms with Crippen molar-refractivity contribution in [1.29, 1.82) is 0 Å². The van der Waals surface area contributed by atoms with Gasteiger partial charge in [0.1, 0.15) is 6.29 Å². The summed E-state index contributed by atoms with van der Waals surface area (Å²) < 4.78 is 0. The summed E-state index contributed by atoms with van der Waals surface area (Å²) in [4.78, 5) is 13.2. The van der Waals surface area contributed by atoms with E-state index >= 15 is 0 Å². The number of carbonyl (C=O) groups is 1. The largest absolute Gasteiger partial charge is 0.327 e. The third kappa shape index (κ3) is 2.60. The van der Waals surface area contributed by atoms with Crippen molar-refractivity contribution in [2.75, 3.05) is 19.6 Å². The summed E-state index contributed by atoms with van der Waals surface area (Å²) in [6.45, 7) is 2.66. The van der Waals surface area contributed by atoms with Gasteiger partial charge >= 0.3 is 0 Å². The van der Waals surface area contributed by atoms with Crippen molar-refractivity contribution in [3.63, 3.8) is 0 Å². The van der Waals surface area contributed by atoms with Gasteiger partial charge in [-0.15, -0.1) is 0 Å². The summed E-state index contributed by atoms with van der Waals surface area (Å²) in [6, 6.07) is 0.470. The van der Waals surface area contributed by atoms with Crippen molar-refractivity contribution in [3.05, 3.63) is 23.8 Å². The predicted molar refractivity (Wildman–Crippen MR) is 65.0 cm³/mol. The highest BCUT2D eigenvalue weighted by Gasteiger charge is 2.24. The van der Waals surface area contributed by atoms with Crippen LogP contribution in [0.2, 0.25) is 0 Å². The first-order chi connectivity index (χ1) is 7.83. The van der Waals surface area contributed by atoms with E-state index in [2.05, 4.69) is 23.1 Å². The van der Waals surface area contributed by atoms with E-state index in [0.29, 0.717) is 12.6 Å². The number of hydrogen-bond donors (Lipinski definition) is 1. The van der Waals surface area contributed by atoms with Crippen molar-refractivity contribution in [2.24, 2.45) is 11.7 Å². The quantitative estimate of drug-likeness (QED) is 0.725. The van der Waals surface area contributed by atoms with Gasteiger partial charge in [-0.25, -0.2) is 0 Å². The molecule has 2 atom stereocenters. The summed E-state index contributed by atoms with van der Waals surface area (Å²) in [6.07, 6.45) is 10.9. The first-order valence-corrected chi connectivity index (χ1v) is 6.10. The first-order valence-electron chi connectivity index (χ1n) is 6.10. The first kappa shape index (κ1) is 11.6. The maximum absolute atomic E-state index is 10.8. The molecule has 0 bridgehead atoms. The fraction of sp³-hybridized carbons (Fsp3) is 0.615. The molecule has 2 aliphatic rings. The number of aldehydes is 1. The molecule has 2 rings (SSSR count). The molecule has 88 valence electrons. The third-order valence-corrected chi connectivity index (χ3v) is 3.54. The van der Waals surface area contributed by atoms with E-state index in [1.54, 1.807) is 0 Å². The van der Waals surface area contributed by atoms with Gasteiger partial charge in [-0.05, 0) is 31.4 Å². The molecular formula is C13H20N2O. The maximum Gasteiger partial charge on any atom is 0.124 e. The molecule has 2 N–H and O–H groups in total. The molecule has 1 heterocycles. The second kappa shape index (κ2) is 5.41. The number of nitrogens with two attached hydrogens (primary N) is 1. The van der Waals surface area contributed by atoms with Crippen LogP contribution in [-0.4, -0.2) is 36.9 Å². The van der Waals surface area contributed by atoms with Crippen molar-refractivity contribution in [1.82, 2.24) is 4.90 Å². The highest BCUT2D eigenvalue weighted by molar-refractivity contribution is 5.54. The molecule has 0 aromatic rings. The zero-order valence-corrected chi connectivity index (χ0v) is 9.64. The Labute approximate surface area is 97.0 Å². The lowest BCUT2D eigenvalue weighted by molar-refractivity contribution is -0.112. The predicted octanol–water partition coefficient (Wildman–Crippen LogP) is 1.11. The van der Waals surface area contributed by atoms with Gasteiger partial charge in [0.15, 0.2) is 0 Å². The molecule has 3 nitrogen and oxygen atoms in total. The Balaban J connectivity index is 1.92. The van der Waals surface area contributed by atoms with E-state index in [4.69, 9.17) is 5.73 Å². The number of likely N-dealkylation sites (tertiary alicyclic amines) is 1. The molecule has 2 unspecified atom stereocenters. The van der Waals surface area contributed by atoms with E-state index in [0.717, 1.165) is 38.6 Å². The number of piperidine rings is 1. The van der Waals surface area contributed by atoms with Gasteiger partial charge in [0, 0.05) is 25.0 Å². The minimum Gasteiger partial charge on any atom is -0.327 e. The lowest BCUT2D eigenvalue weighted by Crippen LogP contribution is -2.42. The minimum absolute atomic E-state index is 0.238. The van der Waals surface area contributed by atoms with E-state index in [1.165, 1.54) is 5.57 Å². The van der Waals surface area contributed by atoms with E-state index in [1.807, 2.05) is 0 Å². The molecule has 0 aromatic carbocycles. The number of carbonyl (C=O) groups excluding carboxylic acids is 1. The van der Waals surface area contributed by atoms with Crippen molar-refractivity contribution >= 4 is 6.29 Å². The smallest absolute Gasteiger partial charge is 0.124 e. The topological polar surface area (TPSA) is 46.3 Å². The van der Waals surface area contributed by atoms with Crippen LogP contribution < -0.4 is 5.73 Å². The van der Waals surface area contributed by atoms with Gasteiger partial charge in [-0.3, -0.25) is 4.90 Å². The number of hydrogen-bond acceptors (Lipinski definition) is 3. The summed E-state index contributed by atoms with van der Waals surface area (Å²) in [7, 11) is 0. The molecule has 0 saturated carbocycles. The molecule has 1 aliphatic carbocycles. The second-order valence-corrected chi connectivity index (χ2v) is 4.68. The Morgan fingerprint density at radius 2 is 2.44 bits per heavy atom. The highest BCUT2D eigenvalue weighted by Crippen LogP contribution is 2.22. The van der Waals surface area contributed by atoms with Crippen LogP contribution in [0.1, 0.15) is 19.3 Å². The van der Waals surface area contributed by atoms with Crippen LogP contribution in [0, 0.1) is 5.92 Å². The lowest BCUT2D eigenvalue weighted by atomic mass is 9.95. The number of rotatable bonds is 3. The number of nitrogens with zero attached hydrogens (tertiary/aromatic N) is 1. The normalized spacial score (nSPS) is 31.2. The van der Waals surface area contributed by atoms with Crippen LogP contribution in [0.15, 0.2) is 23.8 Å². The average Bonchev–Trinajstić information content (AvgIpc) is 2.39. The fourth-order valence-electron chi connectivity index (χ4n) is 2.53. The Kier molecular flexibility index (Phi) is 3.91.